The van der Waals surface area contributed by atoms with E-state index >= 15 is 0 Å². The minimum atomic E-state index is -1.04. The Kier molecular flexibility index (Phi) is 5.58. The smallest absolute Gasteiger partial charge is 0.184 e. The van der Waals surface area contributed by atoms with E-state index < -0.39 is 36.1 Å². The van der Waals surface area contributed by atoms with Crippen molar-refractivity contribution >= 4 is 11.8 Å². The van der Waals surface area contributed by atoms with Gasteiger partial charge in [0, 0.05) is 16.7 Å². The predicted octanol–water partition coefficient (Wildman–Crippen LogP) is 3.05. The Morgan fingerprint density at radius 1 is 1.15 bits per heavy atom. The molecule has 2 saturated heterocycles. The molecule has 0 bridgehead atoms. The van der Waals surface area contributed by atoms with Crippen molar-refractivity contribution in [1.82, 2.24) is 4.98 Å². The fourth-order valence-corrected chi connectivity index (χ4v) is 4.20. The highest BCUT2D eigenvalue weighted by Crippen LogP contribution is 2.39. The fraction of sp³-hybridized carbons (Fsp3) is 0.389. The van der Waals surface area contributed by atoms with Crippen molar-refractivity contribution in [3.63, 3.8) is 0 Å². The van der Waals surface area contributed by atoms with Gasteiger partial charge in [0.2, 0.25) is 0 Å². The third-order valence-corrected chi connectivity index (χ3v) is 5.57. The molecule has 0 spiro atoms. The van der Waals surface area contributed by atoms with Gasteiger partial charge in [0.05, 0.1) is 17.7 Å². The van der Waals surface area contributed by atoms with E-state index in [-0.39, 0.29) is 6.61 Å². The average molecular weight is 386 g/mol. The molecule has 0 radical (unpaired) electrons. The van der Waals surface area contributed by atoms with Crippen LogP contribution in [0.3, 0.4) is 0 Å². The maximum absolute atomic E-state index is 10.8. The predicted molar refractivity (Wildman–Crippen MR) is 97.7 cm³/mol. The number of aromatic nitrogens is 1. The van der Waals surface area contributed by atoms with Crippen LogP contribution in [0.25, 0.3) is 10.4 Å². The van der Waals surface area contributed by atoms with Crippen LogP contribution in [0.2, 0.25) is 0 Å². The molecule has 1 aromatic heterocycles. The lowest BCUT2D eigenvalue weighted by molar-refractivity contribution is -0.297. The summed E-state index contributed by atoms with van der Waals surface area (Å²) in [5, 5.41) is 15.3. The van der Waals surface area contributed by atoms with Crippen molar-refractivity contribution in [2.75, 3.05) is 6.61 Å². The quantitative estimate of drug-likeness (QED) is 0.491. The Morgan fingerprint density at radius 3 is 2.70 bits per heavy atom. The summed E-state index contributed by atoms with van der Waals surface area (Å²) >= 11 is 1.28. The Morgan fingerprint density at radius 2 is 1.96 bits per heavy atom. The summed E-state index contributed by atoms with van der Waals surface area (Å²) in [5.41, 5.74) is 9.20. The minimum Gasteiger partial charge on any atom is -0.389 e. The van der Waals surface area contributed by atoms with Gasteiger partial charge in [-0.05, 0) is 17.7 Å². The summed E-state index contributed by atoms with van der Waals surface area (Å²) in [4.78, 5) is 7.14. The van der Waals surface area contributed by atoms with Crippen LogP contribution in [-0.2, 0) is 14.2 Å². The van der Waals surface area contributed by atoms with E-state index in [1.165, 1.54) is 11.8 Å². The SMILES string of the molecule is [N-]=[N+]=N[C@@H]1[C@@H](O)[C@@H](Sc2ccccn2)O[C@@H]2COC(c3ccccc3)O[C@H]12. The molecule has 2 aliphatic heterocycles. The highest BCUT2D eigenvalue weighted by molar-refractivity contribution is 7.99. The zero-order valence-electron chi connectivity index (χ0n) is 14.2. The van der Waals surface area contributed by atoms with Gasteiger partial charge >= 0.3 is 0 Å². The van der Waals surface area contributed by atoms with E-state index in [4.69, 9.17) is 19.7 Å². The highest BCUT2D eigenvalue weighted by Gasteiger charge is 2.49. The molecule has 6 atom stereocenters. The molecule has 8 nitrogen and oxygen atoms in total. The molecule has 0 aliphatic carbocycles. The van der Waals surface area contributed by atoms with E-state index in [2.05, 4.69) is 15.0 Å². The zero-order chi connectivity index (χ0) is 18.6. The van der Waals surface area contributed by atoms with Crippen LogP contribution < -0.4 is 0 Å². The second-order valence-electron chi connectivity index (χ2n) is 6.19. The zero-order valence-corrected chi connectivity index (χ0v) is 15.1. The number of aliphatic hydroxyl groups excluding tert-OH is 1. The monoisotopic (exact) mass is 386 g/mol. The first-order valence-electron chi connectivity index (χ1n) is 8.53. The third kappa shape index (κ3) is 3.93. The van der Waals surface area contributed by atoms with Crippen LogP contribution in [-0.4, -0.2) is 46.5 Å². The van der Waals surface area contributed by atoms with Crippen LogP contribution in [0.5, 0.6) is 0 Å². The molecule has 140 valence electrons. The van der Waals surface area contributed by atoms with Crippen molar-refractivity contribution in [1.29, 1.82) is 0 Å². The molecule has 3 heterocycles. The molecule has 0 amide bonds. The molecule has 4 rings (SSSR count). The number of nitrogens with zero attached hydrogens (tertiary/aromatic N) is 4. The van der Waals surface area contributed by atoms with E-state index in [9.17, 15) is 5.11 Å². The Hall–Kier alpha value is -2.13. The number of ether oxygens (including phenoxy) is 3. The molecule has 1 aromatic carbocycles. The number of thioether (sulfide) groups is 1. The van der Waals surface area contributed by atoms with Gasteiger partial charge in [-0.25, -0.2) is 4.98 Å². The number of aliphatic hydroxyl groups is 1. The maximum Gasteiger partial charge on any atom is 0.184 e. The Labute approximate surface area is 160 Å². The average Bonchev–Trinajstić information content (AvgIpc) is 2.72. The molecule has 1 unspecified atom stereocenters. The van der Waals surface area contributed by atoms with Crippen molar-refractivity contribution in [3.8, 4) is 0 Å². The molecular weight excluding hydrogens is 368 g/mol. The van der Waals surface area contributed by atoms with Crippen molar-refractivity contribution in [2.45, 2.75) is 41.1 Å². The molecule has 27 heavy (non-hydrogen) atoms. The number of benzene rings is 1. The standard InChI is InChI=1S/C18H18N4O4S/c19-22-21-14-15(23)18(27-13-8-4-5-9-20-13)25-12-10-24-17(26-16(12)14)11-6-2-1-3-7-11/h1-9,12,14-18,23H,10H2/t12-,14-,15-,16+,17?,18-/m1/s1. The summed E-state index contributed by atoms with van der Waals surface area (Å²) in [6, 6.07) is 14.2. The number of pyridine rings is 1. The van der Waals surface area contributed by atoms with Gasteiger partial charge in [0.1, 0.15) is 23.7 Å². The molecule has 0 saturated carbocycles. The first-order chi connectivity index (χ1) is 13.3. The van der Waals surface area contributed by atoms with Gasteiger partial charge in [-0.15, -0.1) is 0 Å². The molecule has 1 N–H and O–H groups in total. The lowest BCUT2D eigenvalue weighted by Crippen LogP contribution is -2.60. The first kappa shape index (κ1) is 18.2. The lowest BCUT2D eigenvalue weighted by atomic mass is 9.97. The van der Waals surface area contributed by atoms with Gasteiger partial charge < -0.3 is 19.3 Å². The van der Waals surface area contributed by atoms with Crippen LogP contribution in [0.4, 0.5) is 0 Å². The lowest BCUT2D eigenvalue weighted by Gasteiger charge is -2.46. The molecular formula is C18H18N4O4S. The van der Waals surface area contributed by atoms with Crippen molar-refractivity contribution in [3.05, 3.63) is 70.7 Å². The molecule has 2 aromatic rings. The highest BCUT2D eigenvalue weighted by atomic mass is 32.2. The maximum atomic E-state index is 10.8. The second-order valence-corrected chi connectivity index (χ2v) is 7.31. The Bertz CT molecular complexity index is 806. The number of fused-ring (bicyclic) bond motifs is 1. The number of hydrogen-bond acceptors (Lipinski definition) is 7. The molecule has 9 heteroatoms. The van der Waals surface area contributed by atoms with Crippen molar-refractivity contribution < 1.29 is 19.3 Å². The topological polar surface area (TPSA) is 110 Å². The Balaban J connectivity index is 1.54. The largest absolute Gasteiger partial charge is 0.389 e. The van der Waals surface area contributed by atoms with Crippen molar-refractivity contribution in [2.24, 2.45) is 5.11 Å². The summed E-state index contributed by atoms with van der Waals surface area (Å²) in [6.45, 7) is 0.272. The van der Waals surface area contributed by atoms with Gasteiger partial charge in [0.15, 0.2) is 6.29 Å². The van der Waals surface area contributed by atoms with Crippen LogP contribution >= 0.6 is 11.8 Å². The summed E-state index contributed by atoms with van der Waals surface area (Å²) in [5.74, 6) is 0. The summed E-state index contributed by atoms with van der Waals surface area (Å²) in [6.07, 6.45) is -1.02. The number of azide groups is 1. The normalized spacial score (nSPS) is 32.9. The second kappa shape index (κ2) is 8.26. The van der Waals surface area contributed by atoms with E-state index in [0.29, 0.717) is 5.03 Å². The van der Waals surface area contributed by atoms with Gasteiger partial charge in [-0.2, -0.15) is 0 Å². The summed E-state index contributed by atoms with van der Waals surface area (Å²) in [7, 11) is 0. The van der Waals surface area contributed by atoms with Crippen LogP contribution in [0.15, 0.2) is 64.9 Å². The number of hydrogen-bond donors (Lipinski definition) is 1. The van der Waals surface area contributed by atoms with Gasteiger partial charge in [-0.1, -0.05) is 53.3 Å². The number of rotatable bonds is 4. The minimum absolute atomic E-state index is 0.272. The summed E-state index contributed by atoms with van der Waals surface area (Å²) < 4.78 is 17.8. The van der Waals surface area contributed by atoms with E-state index in [0.717, 1.165) is 5.56 Å². The fourth-order valence-electron chi connectivity index (χ4n) is 3.18. The van der Waals surface area contributed by atoms with E-state index in [1.807, 2.05) is 48.5 Å². The molecule has 2 aliphatic rings. The van der Waals surface area contributed by atoms with Gasteiger partial charge in [0.25, 0.3) is 0 Å². The van der Waals surface area contributed by atoms with Gasteiger partial charge in [-0.3, -0.25) is 0 Å². The molecule has 2 fully saturated rings. The van der Waals surface area contributed by atoms with E-state index in [1.54, 1.807) is 6.20 Å². The first-order valence-corrected chi connectivity index (χ1v) is 9.41. The van der Waals surface area contributed by atoms with Crippen LogP contribution in [0.1, 0.15) is 11.9 Å². The van der Waals surface area contributed by atoms with Crippen LogP contribution in [0, 0.1) is 0 Å². The third-order valence-electron chi connectivity index (χ3n) is 4.46.